The second-order valence-electron chi connectivity index (χ2n) is 4.58. The lowest BCUT2D eigenvalue weighted by Crippen LogP contribution is -2.49. The van der Waals surface area contributed by atoms with E-state index in [1.807, 2.05) is 18.7 Å². The number of methoxy groups -OCH3 is 1. The first kappa shape index (κ1) is 17.7. The third-order valence-corrected chi connectivity index (χ3v) is 4.05. The Labute approximate surface area is 115 Å². The standard InChI is InChI=1S/C13H27NO3S/c1-4-14-13(2,12(15)16)8-5-6-10-18-11-7-9-17-3/h14H,4-11H2,1-3H3,(H,15,16). The van der Waals surface area contributed by atoms with E-state index in [0.717, 1.165) is 37.4 Å². The number of rotatable bonds is 12. The largest absolute Gasteiger partial charge is 0.480 e. The van der Waals surface area contributed by atoms with E-state index in [4.69, 9.17) is 4.74 Å². The molecule has 0 aliphatic heterocycles. The molecular formula is C13H27NO3S. The Balaban J connectivity index is 3.59. The lowest BCUT2D eigenvalue weighted by Gasteiger charge is -2.25. The molecule has 0 radical (unpaired) electrons. The van der Waals surface area contributed by atoms with E-state index in [0.29, 0.717) is 13.0 Å². The molecule has 0 heterocycles. The van der Waals surface area contributed by atoms with Crippen LogP contribution in [0.4, 0.5) is 0 Å². The fourth-order valence-corrected chi connectivity index (χ4v) is 2.69. The van der Waals surface area contributed by atoms with Gasteiger partial charge in [0.25, 0.3) is 0 Å². The van der Waals surface area contributed by atoms with Crippen molar-refractivity contribution in [3.8, 4) is 0 Å². The van der Waals surface area contributed by atoms with Crippen molar-refractivity contribution in [2.24, 2.45) is 0 Å². The molecule has 1 atom stereocenters. The molecule has 108 valence electrons. The Kier molecular flexibility index (Phi) is 10.5. The van der Waals surface area contributed by atoms with E-state index >= 15 is 0 Å². The average molecular weight is 277 g/mol. The average Bonchev–Trinajstić information content (AvgIpc) is 2.33. The van der Waals surface area contributed by atoms with E-state index in [2.05, 4.69) is 5.32 Å². The van der Waals surface area contributed by atoms with Crippen LogP contribution in [0.2, 0.25) is 0 Å². The molecule has 0 saturated carbocycles. The van der Waals surface area contributed by atoms with Crippen LogP contribution in [0.3, 0.4) is 0 Å². The number of unbranched alkanes of at least 4 members (excludes halogenated alkanes) is 1. The summed E-state index contributed by atoms with van der Waals surface area (Å²) in [5.41, 5.74) is -0.768. The van der Waals surface area contributed by atoms with Crippen LogP contribution in [-0.4, -0.2) is 48.4 Å². The predicted molar refractivity (Wildman–Crippen MR) is 77.4 cm³/mol. The number of thioether (sulfide) groups is 1. The van der Waals surface area contributed by atoms with E-state index < -0.39 is 11.5 Å². The molecule has 0 bridgehead atoms. The van der Waals surface area contributed by atoms with E-state index in [-0.39, 0.29) is 0 Å². The minimum Gasteiger partial charge on any atom is -0.480 e. The third-order valence-electron chi connectivity index (χ3n) is 2.89. The Hall–Kier alpha value is -0.260. The highest BCUT2D eigenvalue weighted by atomic mass is 32.2. The van der Waals surface area contributed by atoms with Crippen molar-refractivity contribution in [3.05, 3.63) is 0 Å². The monoisotopic (exact) mass is 277 g/mol. The van der Waals surface area contributed by atoms with Gasteiger partial charge in [-0.05, 0) is 44.2 Å². The van der Waals surface area contributed by atoms with Gasteiger partial charge in [-0.1, -0.05) is 13.3 Å². The summed E-state index contributed by atoms with van der Waals surface area (Å²) >= 11 is 1.92. The zero-order chi connectivity index (χ0) is 13.9. The first-order valence-electron chi connectivity index (χ1n) is 6.62. The van der Waals surface area contributed by atoms with Crippen molar-refractivity contribution in [2.45, 2.75) is 45.1 Å². The fraction of sp³-hybridized carbons (Fsp3) is 0.923. The van der Waals surface area contributed by atoms with Crippen LogP contribution >= 0.6 is 11.8 Å². The second-order valence-corrected chi connectivity index (χ2v) is 5.81. The van der Waals surface area contributed by atoms with Crippen LogP contribution in [0.15, 0.2) is 0 Å². The number of nitrogens with one attached hydrogen (secondary N) is 1. The summed E-state index contributed by atoms with van der Waals surface area (Å²) in [6, 6.07) is 0. The Morgan fingerprint density at radius 3 is 2.56 bits per heavy atom. The van der Waals surface area contributed by atoms with Crippen LogP contribution in [0, 0.1) is 0 Å². The summed E-state index contributed by atoms with van der Waals surface area (Å²) in [4.78, 5) is 11.2. The molecule has 0 aromatic carbocycles. The molecular weight excluding hydrogens is 250 g/mol. The number of likely N-dealkylation sites (N-methyl/N-ethyl adjacent to an activating group) is 1. The van der Waals surface area contributed by atoms with Crippen LogP contribution in [0.5, 0.6) is 0 Å². The Bertz CT molecular complexity index is 226. The number of carbonyl (C=O) groups is 1. The highest BCUT2D eigenvalue weighted by Crippen LogP contribution is 2.16. The molecule has 0 aliphatic rings. The highest BCUT2D eigenvalue weighted by Gasteiger charge is 2.30. The van der Waals surface area contributed by atoms with Crippen LogP contribution in [0.25, 0.3) is 0 Å². The molecule has 1 unspecified atom stereocenters. The van der Waals surface area contributed by atoms with Gasteiger partial charge in [-0.15, -0.1) is 0 Å². The van der Waals surface area contributed by atoms with Gasteiger partial charge in [0, 0.05) is 13.7 Å². The normalized spacial score (nSPS) is 14.4. The van der Waals surface area contributed by atoms with E-state index in [9.17, 15) is 9.90 Å². The van der Waals surface area contributed by atoms with Gasteiger partial charge in [0.2, 0.25) is 0 Å². The topological polar surface area (TPSA) is 58.6 Å². The van der Waals surface area contributed by atoms with Gasteiger partial charge in [-0.25, -0.2) is 0 Å². The summed E-state index contributed by atoms with van der Waals surface area (Å²) in [7, 11) is 1.72. The van der Waals surface area contributed by atoms with Gasteiger partial charge in [0.05, 0.1) is 0 Å². The quantitative estimate of drug-likeness (QED) is 0.536. The van der Waals surface area contributed by atoms with Crippen LogP contribution < -0.4 is 5.32 Å². The van der Waals surface area contributed by atoms with Crippen molar-refractivity contribution in [3.63, 3.8) is 0 Å². The molecule has 18 heavy (non-hydrogen) atoms. The molecule has 0 spiro atoms. The molecule has 0 rings (SSSR count). The molecule has 0 fully saturated rings. The lowest BCUT2D eigenvalue weighted by molar-refractivity contribution is -0.144. The number of carboxylic acid groups (broad SMARTS) is 1. The Morgan fingerprint density at radius 2 is 2.00 bits per heavy atom. The highest BCUT2D eigenvalue weighted by molar-refractivity contribution is 7.99. The molecule has 0 aromatic heterocycles. The van der Waals surface area contributed by atoms with Crippen molar-refractivity contribution >= 4 is 17.7 Å². The van der Waals surface area contributed by atoms with Crippen LogP contribution in [0.1, 0.15) is 39.5 Å². The summed E-state index contributed by atoms with van der Waals surface area (Å²) in [5, 5.41) is 12.2. The van der Waals surface area contributed by atoms with Gasteiger partial charge in [-0.2, -0.15) is 11.8 Å². The molecule has 4 nitrogen and oxygen atoms in total. The minimum absolute atomic E-state index is 0.689. The van der Waals surface area contributed by atoms with Gasteiger partial charge >= 0.3 is 5.97 Å². The fourth-order valence-electron chi connectivity index (χ4n) is 1.75. The van der Waals surface area contributed by atoms with Gasteiger partial charge in [-0.3, -0.25) is 4.79 Å². The molecule has 0 amide bonds. The van der Waals surface area contributed by atoms with Crippen molar-refractivity contribution in [1.82, 2.24) is 5.32 Å². The lowest BCUT2D eigenvalue weighted by atomic mass is 9.95. The zero-order valence-electron chi connectivity index (χ0n) is 11.8. The van der Waals surface area contributed by atoms with Crippen molar-refractivity contribution in [2.75, 3.05) is 31.8 Å². The zero-order valence-corrected chi connectivity index (χ0v) is 12.6. The predicted octanol–water partition coefficient (Wildman–Crippen LogP) is 2.38. The number of ether oxygens (including phenoxy) is 1. The molecule has 2 N–H and O–H groups in total. The molecule has 0 aliphatic carbocycles. The first-order valence-corrected chi connectivity index (χ1v) is 7.77. The third kappa shape index (κ3) is 7.95. The van der Waals surface area contributed by atoms with Gasteiger partial charge in [0.1, 0.15) is 5.54 Å². The maximum Gasteiger partial charge on any atom is 0.323 e. The van der Waals surface area contributed by atoms with Gasteiger partial charge < -0.3 is 15.2 Å². The van der Waals surface area contributed by atoms with Crippen LogP contribution in [-0.2, 0) is 9.53 Å². The second kappa shape index (κ2) is 10.6. The number of hydrogen-bond donors (Lipinski definition) is 2. The molecule has 0 aromatic rings. The number of hydrogen-bond acceptors (Lipinski definition) is 4. The van der Waals surface area contributed by atoms with Crippen molar-refractivity contribution in [1.29, 1.82) is 0 Å². The maximum absolute atomic E-state index is 11.2. The smallest absolute Gasteiger partial charge is 0.323 e. The Morgan fingerprint density at radius 1 is 1.33 bits per heavy atom. The number of aliphatic carboxylic acids is 1. The van der Waals surface area contributed by atoms with E-state index in [1.54, 1.807) is 14.0 Å². The number of carboxylic acids is 1. The summed E-state index contributed by atoms with van der Waals surface area (Å²) < 4.78 is 4.98. The summed E-state index contributed by atoms with van der Waals surface area (Å²) in [6.07, 6.45) is 3.80. The SMILES string of the molecule is CCNC(C)(CCCCSCCCOC)C(=O)O. The van der Waals surface area contributed by atoms with E-state index in [1.165, 1.54) is 0 Å². The minimum atomic E-state index is -0.768. The maximum atomic E-state index is 11.2. The molecule has 0 saturated heterocycles. The molecule has 5 heteroatoms. The summed E-state index contributed by atoms with van der Waals surface area (Å²) in [5.74, 6) is 1.47. The summed E-state index contributed by atoms with van der Waals surface area (Å²) in [6.45, 7) is 5.22. The van der Waals surface area contributed by atoms with Crippen molar-refractivity contribution < 1.29 is 14.6 Å². The van der Waals surface area contributed by atoms with Gasteiger partial charge in [0.15, 0.2) is 0 Å². The first-order chi connectivity index (χ1) is 8.56.